The molecule has 0 saturated carbocycles. The predicted octanol–water partition coefficient (Wildman–Crippen LogP) is 1.56. The zero-order valence-corrected chi connectivity index (χ0v) is 13.9. The van der Waals surface area contributed by atoms with E-state index in [4.69, 9.17) is 11.0 Å². The molecule has 3 heterocycles. The van der Waals surface area contributed by atoms with Crippen molar-refractivity contribution in [3.05, 3.63) is 48.2 Å². The summed E-state index contributed by atoms with van der Waals surface area (Å²) in [5.41, 5.74) is 0.416. The molecule has 7 nitrogen and oxygen atoms in total. The van der Waals surface area contributed by atoms with E-state index in [0.29, 0.717) is 4.90 Å². The minimum absolute atomic E-state index is 0.00655. The molecular weight excluding hydrogens is 330 g/mol. The predicted molar refractivity (Wildman–Crippen MR) is 99.7 cm³/mol. The molecule has 2 aliphatic heterocycles. The van der Waals surface area contributed by atoms with Gasteiger partial charge in [0.1, 0.15) is 0 Å². The average Bonchev–Trinajstić information content (AvgIpc) is 2.89. The maximum absolute atomic E-state index is 13.6. The molecule has 0 aliphatic carbocycles. The first-order valence-electron chi connectivity index (χ1n) is 11.9. The van der Waals surface area contributed by atoms with Crippen molar-refractivity contribution in [3.63, 3.8) is 0 Å². The van der Waals surface area contributed by atoms with Gasteiger partial charge in [0, 0.05) is 43.2 Å². The summed E-state index contributed by atoms with van der Waals surface area (Å²) in [6.07, 6.45) is 1.38. The van der Waals surface area contributed by atoms with Crippen molar-refractivity contribution < 1.29 is 20.6 Å². The smallest absolute Gasteiger partial charge is 0.257 e. The summed E-state index contributed by atoms with van der Waals surface area (Å²) >= 11 is 0. The molecule has 2 amide bonds. The summed E-state index contributed by atoms with van der Waals surface area (Å²) in [5.74, 6) is -1.45. The molecule has 0 unspecified atom stereocenters. The Morgan fingerprint density at radius 3 is 2.77 bits per heavy atom. The number of likely N-dealkylation sites (N-methyl/N-ethyl adjacent to an activating group) is 1. The monoisotopic (exact) mass is 359 g/mol. The number of carbonyl (C=O) groups excluding carboxylic acids is 2. The third-order valence-electron chi connectivity index (χ3n) is 3.88. The first-order valence-corrected chi connectivity index (χ1v) is 7.85. The Hall–Kier alpha value is -2.77. The van der Waals surface area contributed by atoms with Gasteiger partial charge in [0.05, 0.1) is 23.5 Å². The lowest BCUT2D eigenvalue weighted by Gasteiger charge is -2.33. The average molecular weight is 359 g/mol. The van der Waals surface area contributed by atoms with Crippen molar-refractivity contribution in [1.82, 2.24) is 14.8 Å². The minimum Gasteiger partial charge on any atom is -0.319 e. The first-order chi connectivity index (χ1) is 15.7. The number of benzene rings is 1. The van der Waals surface area contributed by atoms with Crippen LogP contribution in [0.1, 0.15) is 21.3 Å². The molecular formula is C19H21N5O2. The van der Waals surface area contributed by atoms with Gasteiger partial charge in [0.25, 0.3) is 5.91 Å². The first kappa shape index (κ1) is 9.80. The van der Waals surface area contributed by atoms with Crippen LogP contribution in [0.25, 0.3) is 0 Å². The molecule has 26 heavy (non-hydrogen) atoms. The van der Waals surface area contributed by atoms with Gasteiger partial charge < -0.3 is 10.2 Å². The van der Waals surface area contributed by atoms with Crippen LogP contribution in [0.15, 0.2) is 42.6 Å². The van der Waals surface area contributed by atoms with Crippen LogP contribution >= 0.6 is 0 Å². The second-order valence-corrected chi connectivity index (χ2v) is 5.67. The molecule has 1 saturated heterocycles. The number of hydrogen-bond acceptors (Lipinski definition) is 5. The molecule has 4 rings (SSSR count). The van der Waals surface area contributed by atoms with Gasteiger partial charge in [-0.2, -0.15) is 0 Å². The Labute approximate surface area is 163 Å². The highest BCUT2D eigenvalue weighted by Gasteiger charge is 2.31. The summed E-state index contributed by atoms with van der Waals surface area (Å²) in [7, 11) is 0.942. The Morgan fingerprint density at radius 2 is 1.96 bits per heavy atom. The standard InChI is InChI=1S/C19H21N5O2/c1-22-9-11-23(12-10-22)13-17(25)24-16-7-3-2-5-14(16)19(26)21-15-6-4-8-20-18(15)24/h2-8H,9-13H2,1H3,(H,21,26)/i9D2,10D2,11D2,12D2. The summed E-state index contributed by atoms with van der Waals surface area (Å²) in [5, 5.41) is 2.65. The number of anilines is 3. The Morgan fingerprint density at radius 1 is 1.19 bits per heavy atom. The number of carbonyl (C=O) groups is 2. The normalized spacial score (nSPS) is 30.2. The number of rotatable bonds is 2. The summed E-state index contributed by atoms with van der Waals surface area (Å²) in [6, 6.07) is 9.17. The largest absolute Gasteiger partial charge is 0.319 e. The third-order valence-corrected chi connectivity index (χ3v) is 3.88. The van der Waals surface area contributed by atoms with E-state index >= 15 is 0 Å². The van der Waals surface area contributed by atoms with Crippen LogP contribution in [-0.4, -0.2) is 66.2 Å². The fourth-order valence-electron chi connectivity index (χ4n) is 2.70. The number of pyridine rings is 1. The van der Waals surface area contributed by atoms with Gasteiger partial charge in [-0.1, -0.05) is 12.1 Å². The second-order valence-electron chi connectivity index (χ2n) is 5.67. The molecule has 1 aromatic heterocycles. The molecule has 2 aromatic rings. The number of nitrogens with one attached hydrogen (secondary N) is 1. The van der Waals surface area contributed by atoms with E-state index in [2.05, 4.69) is 10.3 Å². The molecule has 0 atom stereocenters. The van der Waals surface area contributed by atoms with Crippen molar-refractivity contribution in [2.24, 2.45) is 0 Å². The Balaban J connectivity index is 1.84. The van der Waals surface area contributed by atoms with Gasteiger partial charge in [0.2, 0.25) is 5.91 Å². The quantitative estimate of drug-likeness (QED) is 0.881. The van der Waals surface area contributed by atoms with Crippen LogP contribution in [0.5, 0.6) is 0 Å². The van der Waals surface area contributed by atoms with Crippen molar-refractivity contribution in [1.29, 1.82) is 0 Å². The fraction of sp³-hybridized carbons (Fsp3) is 0.316. The number of amides is 2. The van der Waals surface area contributed by atoms with Gasteiger partial charge in [-0.15, -0.1) is 0 Å². The van der Waals surface area contributed by atoms with Gasteiger partial charge in [-0.25, -0.2) is 4.98 Å². The van der Waals surface area contributed by atoms with Crippen molar-refractivity contribution in [2.45, 2.75) is 0 Å². The highest BCUT2D eigenvalue weighted by Crippen LogP contribution is 2.36. The number of aromatic nitrogens is 1. The molecule has 1 N–H and O–H groups in total. The third kappa shape index (κ3) is 3.07. The van der Waals surface area contributed by atoms with E-state index in [9.17, 15) is 9.59 Å². The Kier molecular flexibility index (Phi) is 2.58. The number of hydrogen-bond donors (Lipinski definition) is 1. The van der Waals surface area contributed by atoms with Crippen LogP contribution in [0, 0.1) is 0 Å². The van der Waals surface area contributed by atoms with Crippen LogP contribution in [0.2, 0.25) is 0 Å². The fourth-order valence-corrected chi connectivity index (χ4v) is 2.70. The molecule has 0 radical (unpaired) electrons. The number of piperazine rings is 1. The van der Waals surface area contributed by atoms with E-state index in [1.165, 1.54) is 24.4 Å². The van der Waals surface area contributed by atoms with Gasteiger partial charge >= 0.3 is 0 Å². The molecule has 2 aliphatic rings. The topological polar surface area (TPSA) is 68.8 Å². The maximum atomic E-state index is 13.6. The number of fused-ring (bicyclic) bond motifs is 2. The number of para-hydroxylation sites is 1. The zero-order valence-electron chi connectivity index (χ0n) is 21.9. The highest BCUT2D eigenvalue weighted by molar-refractivity contribution is 6.17. The van der Waals surface area contributed by atoms with E-state index in [1.54, 1.807) is 18.2 Å². The molecule has 134 valence electrons. The zero-order chi connectivity index (χ0) is 25.3. The molecule has 1 aromatic carbocycles. The minimum atomic E-state index is -3.11. The number of nitrogens with zero attached hydrogens (tertiary/aromatic N) is 4. The Bertz CT molecular complexity index is 1150. The second kappa shape index (κ2) is 6.86. The van der Waals surface area contributed by atoms with E-state index in [-0.39, 0.29) is 27.7 Å². The molecule has 7 heteroatoms. The van der Waals surface area contributed by atoms with Crippen LogP contribution in [0.3, 0.4) is 0 Å². The van der Waals surface area contributed by atoms with Crippen molar-refractivity contribution in [3.8, 4) is 0 Å². The van der Waals surface area contributed by atoms with E-state index in [1.807, 2.05) is 0 Å². The van der Waals surface area contributed by atoms with Crippen molar-refractivity contribution >= 4 is 29.0 Å². The lowest BCUT2D eigenvalue weighted by atomic mass is 10.1. The molecule has 0 spiro atoms. The van der Waals surface area contributed by atoms with Gasteiger partial charge in [-0.3, -0.25) is 19.4 Å². The van der Waals surface area contributed by atoms with Crippen LogP contribution in [-0.2, 0) is 4.79 Å². The maximum Gasteiger partial charge on any atom is 0.257 e. The summed E-state index contributed by atoms with van der Waals surface area (Å²) in [4.78, 5) is 32.2. The van der Waals surface area contributed by atoms with Crippen LogP contribution in [0.4, 0.5) is 17.2 Å². The van der Waals surface area contributed by atoms with Gasteiger partial charge in [0.15, 0.2) is 5.82 Å². The summed E-state index contributed by atoms with van der Waals surface area (Å²) in [6.45, 7) is -13.3. The van der Waals surface area contributed by atoms with Crippen LogP contribution < -0.4 is 10.2 Å². The van der Waals surface area contributed by atoms with E-state index in [0.717, 1.165) is 11.9 Å². The SMILES string of the molecule is [2H]C1([2H])N(C)C([2H])([2H])C([2H])([2H])N(CC(=O)N2c3ccccc3C(=O)Nc3cccnc32)C1([2H])[2H]. The van der Waals surface area contributed by atoms with Crippen molar-refractivity contribution in [2.75, 3.05) is 49.8 Å². The summed E-state index contributed by atoms with van der Waals surface area (Å²) < 4.78 is 66.0. The van der Waals surface area contributed by atoms with Gasteiger partial charge in [-0.05, 0) is 31.3 Å². The molecule has 0 bridgehead atoms. The lowest BCUT2D eigenvalue weighted by Crippen LogP contribution is -2.48. The highest BCUT2D eigenvalue weighted by atomic mass is 16.2. The lowest BCUT2D eigenvalue weighted by molar-refractivity contribution is -0.119. The van der Waals surface area contributed by atoms with E-state index < -0.39 is 44.3 Å². The molecule has 1 fully saturated rings.